The summed E-state index contributed by atoms with van der Waals surface area (Å²) >= 11 is 3.36. The van der Waals surface area contributed by atoms with Crippen molar-refractivity contribution in [1.82, 2.24) is 19.6 Å². The summed E-state index contributed by atoms with van der Waals surface area (Å²) in [6.07, 6.45) is 4.98. The normalized spacial score (nSPS) is 14.5. The van der Waals surface area contributed by atoms with Gasteiger partial charge in [0.15, 0.2) is 0 Å². The third kappa shape index (κ3) is 6.27. The van der Waals surface area contributed by atoms with Gasteiger partial charge in [0, 0.05) is 37.0 Å². The molecule has 3 aromatic carbocycles. The molecule has 1 aliphatic heterocycles. The number of nitrogens with zero attached hydrogens (tertiary/aromatic N) is 3. The minimum absolute atomic E-state index is 0.0615. The molecule has 1 amide bonds. The molecule has 0 atom stereocenters. The van der Waals surface area contributed by atoms with E-state index in [1.54, 1.807) is 29.4 Å². The number of likely N-dealkylation sites (tertiary alicyclic amines) is 1. The zero-order chi connectivity index (χ0) is 27.4. The van der Waals surface area contributed by atoms with Crippen LogP contribution in [0, 0.1) is 6.92 Å². The van der Waals surface area contributed by atoms with Gasteiger partial charge in [-0.25, -0.2) is 18.4 Å². The molecule has 0 saturated carbocycles. The van der Waals surface area contributed by atoms with Gasteiger partial charge in [-0.1, -0.05) is 66.7 Å². The minimum Gasteiger partial charge on any atom is -0.339 e. The van der Waals surface area contributed by atoms with Crippen molar-refractivity contribution in [3.05, 3.63) is 124 Å². The molecule has 0 bridgehead atoms. The second-order valence-corrected chi connectivity index (χ2v) is 12.3. The van der Waals surface area contributed by atoms with Crippen LogP contribution in [0.1, 0.15) is 57.7 Å². The monoisotopic (exact) mass is 604 g/mol. The largest absolute Gasteiger partial charge is 0.339 e. The third-order valence-electron chi connectivity index (χ3n) is 7.08. The Balaban J connectivity index is 1.36. The summed E-state index contributed by atoms with van der Waals surface area (Å²) in [6.45, 7) is 2.94. The maximum atomic E-state index is 13.6. The quantitative estimate of drug-likeness (QED) is 0.295. The number of benzene rings is 3. The fraction of sp³-hybridized carbons (Fsp3) is 0.233. The van der Waals surface area contributed by atoms with E-state index in [0.29, 0.717) is 18.7 Å². The average Bonchev–Trinajstić information content (AvgIpc) is 2.97. The van der Waals surface area contributed by atoms with Crippen LogP contribution >= 0.6 is 15.9 Å². The molecule has 7 nitrogen and oxygen atoms in total. The average molecular weight is 606 g/mol. The van der Waals surface area contributed by atoms with Crippen molar-refractivity contribution in [3.8, 4) is 0 Å². The SMILES string of the molecule is Cc1ccc(S(=O)(=O)NC(c2ccccc2)c2ccccc2)cc1C(=O)N1CCC(c2ncc(Br)cn2)CC1. The molecule has 4 aromatic rings. The van der Waals surface area contributed by atoms with Crippen LogP contribution in [-0.2, 0) is 10.0 Å². The lowest BCUT2D eigenvalue weighted by Gasteiger charge is -2.31. The van der Waals surface area contributed by atoms with Gasteiger partial charge in [-0.05, 0) is 64.5 Å². The highest BCUT2D eigenvalue weighted by Gasteiger charge is 2.29. The van der Waals surface area contributed by atoms with Gasteiger partial charge >= 0.3 is 0 Å². The van der Waals surface area contributed by atoms with Crippen LogP contribution in [-0.4, -0.2) is 42.3 Å². The summed E-state index contributed by atoms with van der Waals surface area (Å²) in [4.78, 5) is 24.2. The lowest BCUT2D eigenvalue weighted by atomic mass is 9.95. The molecule has 1 N–H and O–H groups in total. The van der Waals surface area contributed by atoms with Crippen LogP contribution in [0.3, 0.4) is 0 Å². The molecule has 39 heavy (non-hydrogen) atoms. The predicted octanol–water partition coefficient (Wildman–Crippen LogP) is 5.64. The van der Waals surface area contributed by atoms with Crippen molar-refractivity contribution in [1.29, 1.82) is 0 Å². The molecular formula is C30H29BrN4O3S. The van der Waals surface area contributed by atoms with Crippen LogP contribution in [0.5, 0.6) is 0 Å². The van der Waals surface area contributed by atoms with Crippen LogP contribution in [0.15, 0.2) is 101 Å². The number of aromatic nitrogens is 2. The zero-order valence-electron chi connectivity index (χ0n) is 21.5. The van der Waals surface area contributed by atoms with Gasteiger partial charge in [0.2, 0.25) is 10.0 Å². The molecule has 1 fully saturated rings. The summed E-state index contributed by atoms with van der Waals surface area (Å²) in [5.74, 6) is 0.807. The maximum absolute atomic E-state index is 13.6. The molecule has 5 rings (SSSR count). The van der Waals surface area contributed by atoms with Crippen molar-refractivity contribution >= 4 is 31.9 Å². The van der Waals surface area contributed by atoms with Crippen molar-refractivity contribution in [3.63, 3.8) is 0 Å². The molecule has 200 valence electrons. The Morgan fingerprint density at radius 1 is 0.923 bits per heavy atom. The number of piperidine rings is 1. The van der Waals surface area contributed by atoms with E-state index in [9.17, 15) is 13.2 Å². The number of amides is 1. The fourth-order valence-electron chi connectivity index (χ4n) is 4.89. The second-order valence-electron chi connectivity index (χ2n) is 9.68. The molecular weight excluding hydrogens is 576 g/mol. The highest BCUT2D eigenvalue weighted by Crippen LogP contribution is 2.29. The molecule has 1 aromatic heterocycles. The van der Waals surface area contributed by atoms with E-state index in [0.717, 1.165) is 39.8 Å². The van der Waals surface area contributed by atoms with Crippen molar-refractivity contribution < 1.29 is 13.2 Å². The van der Waals surface area contributed by atoms with E-state index < -0.39 is 16.1 Å². The molecule has 0 aliphatic carbocycles. The number of carbonyl (C=O) groups excluding carboxylic acids is 1. The number of nitrogens with one attached hydrogen (secondary N) is 1. The van der Waals surface area contributed by atoms with Gasteiger partial charge in [-0.2, -0.15) is 4.72 Å². The summed E-state index contributed by atoms with van der Waals surface area (Å²) in [5, 5.41) is 0. The van der Waals surface area contributed by atoms with Gasteiger partial charge in [-0.3, -0.25) is 4.79 Å². The van der Waals surface area contributed by atoms with E-state index in [1.807, 2.05) is 67.6 Å². The van der Waals surface area contributed by atoms with Crippen molar-refractivity contribution in [2.75, 3.05) is 13.1 Å². The molecule has 9 heteroatoms. The van der Waals surface area contributed by atoms with Crippen LogP contribution in [0.4, 0.5) is 0 Å². The number of aryl methyl sites for hydroxylation is 1. The third-order valence-corrected chi connectivity index (χ3v) is 8.91. The van der Waals surface area contributed by atoms with E-state index in [1.165, 1.54) is 6.07 Å². The molecule has 1 aliphatic rings. The molecule has 1 saturated heterocycles. The Kier molecular flexibility index (Phi) is 8.20. The second kappa shape index (κ2) is 11.8. The number of carbonyl (C=O) groups is 1. The molecule has 2 heterocycles. The van der Waals surface area contributed by atoms with E-state index in [-0.39, 0.29) is 16.7 Å². The summed E-state index contributed by atoms with van der Waals surface area (Å²) in [7, 11) is -3.95. The first-order valence-electron chi connectivity index (χ1n) is 12.8. The number of sulfonamides is 1. The predicted molar refractivity (Wildman–Crippen MR) is 154 cm³/mol. The van der Waals surface area contributed by atoms with Gasteiger partial charge in [-0.15, -0.1) is 0 Å². The van der Waals surface area contributed by atoms with Crippen LogP contribution in [0.2, 0.25) is 0 Å². The van der Waals surface area contributed by atoms with E-state index in [2.05, 4.69) is 30.6 Å². The van der Waals surface area contributed by atoms with Gasteiger partial charge in [0.1, 0.15) is 5.82 Å². The summed E-state index contributed by atoms with van der Waals surface area (Å²) in [6, 6.07) is 23.1. The van der Waals surface area contributed by atoms with Crippen LogP contribution < -0.4 is 4.72 Å². The van der Waals surface area contributed by atoms with Crippen molar-refractivity contribution in [2.45, 2.75) is 36.6 Å². The Morgan fingerprint density at radius 2 is 1.49 bits per heavy atom. The minimum atomic E-state index is -3.95. The Bertz CT molecular complexity index is 1500. The van der Waals surface area contributed by atoms with Crippen molar-refractivity contribution in [2.24, 2.45) is 0 Å². The fourth-order valence-corrected chi connectivity index (χ4v) is 6.33. The van der Waals surface area contributed by atoms with Crippen LogP contribution in [0.25, 0.3) is 0 Å². The number of hydrogen-bond acceptors (Lipinski definition) is 5. The first-order chi connectivity index (χ1) is 18.8. The highest BCUT2D eigenvalue weighted by molar-refractivity contribution is 9.10. The summed E-state index contributed by atoms with van der Waals surface area (Å²) in [5.41, 5.74) is 2.79. The maximum Gasteiger partial charge on any atom is 0.254 e. The topological polar surface area (TPSA) is 92.3 Å². The molecule has 0 radical (unpaired) electrons. The zero-order valence-corrected chi connectivity index (χ0v) is 23.9. The lowest BCUT2D eigenvalue weighted by molar-refractivity contribution is 0.0710. The molecule has 0 spiro atoms. The first kappa shape index (κ1) is 27.2. The van der Waals surface area contributed by atoms with Gasteiger partial charge < -0.3 is 4.90 Å². The number of halogens is 1. The number of rotatable bonds is 7. The lowest BCUT2D eigenvalue weighted by Crippen LogP contribution is -2.38. The van der Waals surface area contributed by atoms with E-state index >= 15 is 0 Å². The van der Waals surface area contributed by atoms with Gasteiger partial charge in [0.25, 0.3) is 5.91 Å². The van der Waals surface area contributed by atoms with E-state index in [4.69, 9.17) is 0 Å². The van der Waals surface area contributed by atoms with Gasteiger partial charge in [0.05, 0.1) is 15.4 Å². The Hall–Kier alpha value is -3.40. The first-order valence-corrected chi connectivity index (χ1v) is 15.1. The summed E-state index contributed by atoms with van der Waals surface area (Å²) < 4.78 is 30.9. The molecule has 0 unspecified atom stereocenters. The number of hydrogen-bond donors (Lipinski definition) is 1. The Labute approximate surface area is 237 Å². The highest BCUT2D eigenvalue weighted by atomic mass is 79.9. The standard InChI is InChI=1S/C30H29BrN4O3S/c1-21-12-13-26(39(37,38)34-28(22-8-4-2-5-9-22)23-10-6-3-7-11-23)18-27(21)30(36)35-16-14-24(15-17-35)29-32-19-25(31)20-33-29/h2-13,18-20,24,28,34H,14-17H2,1H3. The smallest absolute Gasteiger partial charge is 0.254 e. The Morgan fingerprint density at radius 3 is 2.05 bits per heavy atom.